The third kappa shape index (κ3) is 4.33. The monoisotopic (exact) mass is 312 g/mol. The van der Waals surface area contributed by atoms with Crippen molar-refractivity contribution in [2.45, 2.75) is 19.6 Å². The van der Waals surface area contributed by atoms with Gasteiger partial charge >= 0.3 is 0 Å². The maximum absolute atomic E-state index is 11.4. The highest BCUT2D eigenvalue weighted by atomic mass is 35.5. The maximum atomic E-state index is 11.4. The quantitative estimate of drug-likeness (QED) is 0.916. The van der Waals surface area contributed by atoms with Crippen molar-refractivity contribution in [2.24, 2.45) is 0 Å². The van der Waals surface area contributed by atoms with Crippen LogP contribution in [0.15, 0.2) is 18.2 Å². The fraction of sp³-hybridized carbons (Fsp3) is 0.533. The molecule has 1 unspecified atom stereocenters. The number of benzene rings is 1. The molecule has 1 aromatic carbocycles. The van der Waals surface area contributed by atoms with Crippen LogP contribution in [0.2, 0.25) is 5.02 Å². The van der Waals surface area contributed by atoms with Crippen LogP contribution < -0.4 is 4.74 Å². The number of amides is 1. The molecule has 1 atom stereocenters. The van der Waals surface area contributed by atoms with E-state index in [1.165, 1.54) is 6.92 Å². The van der Waals surface area contributed by atoms with Crippen molar-refractivity contribution in [3.63, 3.8) is 0 Å². The van der Waals surface area contributed by atoms with Crippen LogP contribution in [-0.4, -0.2) is 60.2 Å². The van der Waals surface area contributed by atoms with Crippen LogP contribution in [0.4, 0.5) is 0 Å². The zero-order valence-electron chi connectivity index (χ0n) is 12.4. The van der Waals surface area contributed by atoms with Gasteiger partial charge in [-0.05, 0) is 17.7 Å². The Morgan fingerprint density at radius 1 is 1.43 bits per heavy atom. The Labute approximate surface area is 130 Å². The minimum atomic E-state index is -0.523. The van der Waals surface area contributed by atoms with Crippen molar-refractivity contribution >= 4 is 17.5 Å². The molecule has 5 nitrogen and oxygen atoms in total. The van der Waals surface area contributed by atoms with E-state index in [1.54, 1.807) is 12.0 Å². The number of nitrogens with zero attached hydrogens (tertiary/aromatic N) is 2. The Morgan fingerprint density at radius 2 is 2.19 bits per heavy atom. The molecule has 1 N–H and O–H groups in total. The number of aliphatic hydroxyl groups is 1. The van der Waals surface area contributed by atoms with Gasteiger partial charge in [-0.25, -0.2) is 0 Å². The Hall–Kier alpha value is -1.30. The van der Waals surface area contributed by atoms with Crippen molar-refractivity contribution in [3.8, 4) is 5.75 Å². The minimum Gasteiger partial charge on any atom is -0.495 e. The van der Waals surface area contributed by atoms with Gasteiger partial charge in [0.05, 0.1) is 18.2 Å². The molecular formula is C15H21ClN2O3. The summed E-state index contributed by atoms with van der Waals surface area (Å²) in [5, 5.41) is 10.6. The lowest BCUT2D eigenvalue weighted by atomic mass is 10.2. The van der Waals surface area contributed by atoms with Crippen molar-refractivity contribution in [3.05, 3.63) is 28.8 Å². The molecule has 0 spiro atoms. The Morgan fingerprint density at radius 3 is 2.81 bits per heavy atom. The average Bonchev–Trinajstić information content (AvgIpc) is 2.60. The average molecular weight is 313 g/mol. The van der Waals surface area contributed by atoms with E-state index in [0.29, 0.717) is 37.0 Å². The number of rotatable bonds is 3. The second-order valence-electron chi connectivity index (χ2n) is 5.32. The Kier molecular flexibility index (Phi) is 5.45. The first-order chi connectivity index (χ1) is 9.99. The molecule has 2 rings (SSSR count). The van der Waals surface area contributed by atoms with E-state index >= 15 is 0 Å². The van der Waals surface area contributed by atoms with Gasteiger partial charge in [-0.3, -0.25) is 9.69 Å². The zero-order chi connectivity index (χ0) is 15.4. The fourth-order valence-electron chi connectivity index (χ4n) is 2.55. The predicted octanol–water partition coefficient (Wildman–Crippen LogP) is 1.37. The lowest BCUT2D eigenvalue weighted by molar-refractivity contribution is -0.129. The van der Waals surface area contributed by atoms with E-state index in [9.17, 15) is 9.90 Å². The highest BCUT2D eigenvalue weighted by molar-refractivity contribution is 6.32. The molecule has 1 saturated heterocycles. The largest absolute Gasteiger partial charge is 0.495 e. The van der Waals surface area contributed by atoms with E-state index in [1.807, 2.05) is 18.2 Å². The molecule has 1 amide bonds. The van der Waals surface area contributed by atoms with Crippen LogP contribution in [-0.2, 0) is 11.3 Å². The summed E-state index contributed by atoms with van der Waals surface area (Å²) in [4.78, 5) is 15.3. The predicted molar refractivity (Wildman–Crippen MR) is 81.5 cm³/mol. The van der Waals surface area contributed by atoms with E-state index in [-0.39, 0.29) is 5.91 Å². The molecule has 0 aliphatic carbocycles. The molecule has 116 valence electrons. The van der Waals surface area contributed by atoms with Gasteiger partial charge in [0.15, 0.2) is 0 Å². The number of ether oxygens (including phenoxy) is 1. The molecule has 0 radical (unpaired) electrons. The second kappa shape index (κ2) is 7.11. The number of hydrogen-bond donors (Lipinski definition) is 1. The van der Waals surface area contributed by atoms with Crippen LogP contribution >= 0.6 is 11.6 Å². The molecule has 1 aliphatic rings. The van der Waals surface area contributed by atoms with Gasteiger partial charge in [0.2, 0.25) is 5.91 Å². The van der Waals surface area contributed by atoms with Crippen LogP contribution in [0.25, 0.3) is 0 Å². The van der Waals surface area contributed by atoms with Gasteiger partial charge in [-0.2, -0.15) is 0 Å². The second-order valence-corrected chi connectivity index (χ2v) is 5.73. The van der Waals surface area contributed by atoms with Crippen LogP contribution in [0.1, 0.15) is 12.5 Å². The SMILES string of the molecule is COc1ccc(CN2CCN(C(C)=O)CC(O)C2)cc1Cl. The number of hydrogen-bond acceptors (Lipinski definition) is 4. The molecule has 6 heteroatoms. The summed E-state index contributed by atoms with van der Waals surface area (Å²) in [5.41, 5.74) is 1.06. The van der Waals surface area contributed by atoms with Gasteiger partial charge < -0.3 is 14.7 Å². The third-order valence-corrected chi connectivity index (χ3v) is 3.95. The first-order valence-electron chi connectivity index (χ1n) is 6.98. The third-order valence-electron chi connectivity index (χ3n) is 3.65. The van der Waals surface area contributed by atoms with E-state index in [4.69, 9.17) is 16.3 Å². The number of halogens is 1. The summed E-state index contributed by atoms with van der Waals surface area (Å²) in [6, 6.07) is 5.68. The molecule has 0 bridgehead atoms. The maximum Gasteiger partial charge on any atom is 0.219 e. The van der Waals surface area contributed by atoms with Crippen LogP contribution in [0.3, 0.4) is 0 Å². The number of aliphatic hydroxyl groups excluding tert-OH is 1. The number of β-amino-alcohol motifs (C(OH)–C–C–N with tert-alkyl or cyclic N) is 1. The number of carbonyl (C=O) groups excluding carboxylic acids is 1. The molecule has 1 fully saturated rings. The first-order valence-corrected chi connectivity index (χ1v) is 7.35. The normalized spacial score (nSPS) is 20.2. The lowest BCUT2D eigenvalue weighted by Gasteiger charge is -2.21. The smallest absolute Gasteiger partial charge is 0.219 e. The molecule has 21 heavy (non-hydrogen) atoms. The summed E-state index contributed by atoms with van der Waals surface area (Å²) in [6.45, 7) is 4.54. The van der Waals surface area contributed by atoms with Gasteiger partial charge in [-0.15, -0.1) is 0 Å². The first kappa shape index (κ1) is 16.1. The summed E-state index contributed by atoms with van der Waals surface area (Å²) >= 11 is 6.13. The summed E-state index contributed by atoms with van der Waals surface area (Å²) in [6.07, 6.45) is -0.523. The van der Waals surface area contributed by atoms with E-state index in [0.717, 1.165) is 12.1 Å². The van der Waals surface area contributed by atoms with Crippen LogP contribution in [0, 0.1) is 0 Å². The highest BCUT2D eigenvalue weighted by Gasteiger charge is 2.22. The van der Waals surface area contributed by atoms with Crippen molar-refractivity contribution in [1.82, 2.24) is 9.80 Å². The summed E-state index contributed by atoms with van der Waals surface area (Å²) in [5.74, 6) is 0.655. The molecule has 1 heterocycles. The lowest BCUT2D eigenvalue weighted by Crippen LogP contribution is -2.36. The Bertz CT molecular complexity index is 510. The van der Waals surface area contributed by atoms with Gasteiger partial charge in [-0.1, -0.05) is 17.7 Å². The summed E-state index contributed by atoms with van der Waals surface area (Å²) in [7, 11) is 1.59. The highest BCUT2D eigenvalue weighted by Crippen LogP contribution is 2.25. The topological polar surface area (TPSA) is 53.0 Å². The van der Waals surface area contributed by atoms with Crippen molar-refractivity contribution in [2.75, 3.05) is 33.3 Å². The minimum absolute atomic E-state index is 0.00314. The van der Waals surface area contributed by atoms with Gasteiger partial charge in [0.1, 0.15) is 5.75 Å². The van der Waals surface area contributed by atoms with Gasteiger partial charge in [0.25, 0.3) is 0 Å². The Balaban J connectivity index is 2.02. The van der Waals surface area contributed by atoms with Crippen LogP contribution in [0.5, 0.6) is 5.75 Å². The fourth-order valence-corrected chi connectivity index (χ4v) is 2.83. The van der Waals surface area contributed by atoms with Gasteiger partial charge in [0, 0.05) is 39.6 Å². The standard InChI is InChI=1S/C15H21ClN2O3/c1-11(19)18-6-5-17(9-13(20)10-18)8-12-3-4-15(21-2)14(16)7-12/h3-4,7,13,20H,5-6,8-10H2,1-2H3. The number of methoxy groups -OCH3 is 1. The van der Waals surface area contributed by atoms with E-state index < -0.39 is 6.10 Å². The molecular weight excluding hydrogens is 292 g/mol. The van der Waals surface area contributed by atoms with E-state index in [2.05, 4.69) is 4.90 Å². The number of carbonyl (C=O) groups is 1. The zero-order valence-corrected chi connectivity index (χ0v) is 13.1. The molecule has 1 aromatic rings. The molecule has 0 aromatic heterocycles. The van der Waals surface area contributed by atoms with Crippen molar-refractivity contribution < 1.29 is 14.6 Å². The van der Waals surface area contributed by atoms with Crippen molar-refractivity contribution in [1.29, 1.82) is 0 Å². The molecule has 0 saturated carbocycles. The molecule has 1 aliphatic heterocycles. The summed E-state index contributed by atoms with van der Waals surface area (Å²) < 4.78 is 5.14.